The molecule has 118 valence electrons. The van der Waals surface area contributed by atoms with Gasteiger partial charge in [-0.15, -0.1) is 0 Å². The first kappa shape index (κ1) is 17.8. The van der Waals surface area contributed by atoms with Crippen molar-refractivity contribution in [3.8, 4) is 0 Å². The number of halogens is 1. The van der Waals surface area contributed by atoms with Crippen LogP contribution in [0.4, 0.5) is 5.69 Å². The summed E-state index contributed by atoms with van der Waals surface area (Å²) in [5.74, 6) is -0.277. The normalized spacial score (nSPS) is 12.1. The molecule has 5 nitrogen and oxygen atoms in total. The summed E-state index contributed by atoms with van der Waals surface area (Å²) < 4.78 is 24.1. The number of sulfonamides is 1. The first-order valence-electron chi connectivity index (χ1n) is 6.54. The molecule has 0 bridgehead atoms. The monoisotopic (exact) mass is 332 g/mol. The number of hydrogen-bond acceptors (Lipinski definition) is 3. The molecule has 0 saturated heterocycles. The van der Waals surface area contributed by atoms with E-state index in [4.69, 9.17) is 11.6 Å². The summed E-state index contributed by atoms with van der Waals surface area (Å²) in [6.07, 6.45) is 1.89. The average molecular weight is 333 g/mol. The van der Waals surface area contributed by atoms with Crippen molar-refractivity contribution in [2.75, 3.05) is 17.6 Å². The van der Waals surface area contributed by atoms with Crippen LogP contribution in [0.2, 0.25) is 5.02 Å². The van der Waals surface area contributed by atoms with Gasteiger partial charge in [0.25, 0.3) is 5.91 Å². The Morgan fingerprint density at radius 1 is 1.38 bits per heavy atom. The second kappa shape index (κ2) is 6.23. The lowest BCUT2D eigenvalue weighted by Gasteiger charge is -2.25. The highest BCUT2D eigenvalue weighted by molar-refractivity contribution is 7.92. The van der Waals surface area contributed by atoms with Gasteiger partial charge >= 0.3 is 0 Å². The van der Waals surface area contributed by atoms with E-state index >= 15 is 0 Å². The Balaban J connectivity index is 3.07. The lowest BCUT2D eigenvalue weighted by Crippen LogP contribution is -2.42. The Morgan fingerprint density at radius 2 is 1.95 bits per heavy atom. The van der Waals surface area contributed by atoms with Gasteiger partial charge in [-0.1, -0.05) is 18.5 Å². The van der Waals surface area contributed by atoms with E-state index in [0.29, 0.717) is 11.3 Å². The van der Waals surface area contributed by atoms with E-state index in [2.05, 4.69) is 5.32 Å². The number of hydrogen-bond donors (Lipinski definition) is 1. The molecule has 1 amide bonds. The van der Waals surface area contributed by atoms with E-state index < -0.39 is 10.0 Å². The van der Waals surface area contributed by atoms with Gasteiger partial charge in [0.2, 0.25) is 10.0 Å². The third-order valence-corrected chi connectivity index (χ3v) is 4.91. The zero-order valence-corrected chi connectivity index (χ0v) is 14.5. The molecule has 1 rings (SSSR count). The molecule has 0 aliphatic carbocycles. The van der Waals surface area contributed by atoms with Crippen LogP contribution >= 0.6 is 11.6 Å². The van der Waals surface area contributed by atoms with E-state index in [1.165, 1.54) is 19.2 Å². The molecule has 0 heterocycles. The highest BCUT2D eigenvalue weighted by Gasteiger charge is 2.21. The second-order valence-electron chi connectivity index (χ2n) is 5.59. The zero-order valence-electron chi connectivity index (χ0n) is 12.9. The van der Waals surface area contributed by atoms with Crippen LogP contribution in [0.25, 0.3) is 0 Å². The minimum absolute atomic E-state index is 0.215. The van der Waals surface area contributed by atoms with Crippen LogP contribution in [-0.4, -0.2) is 33.2 Å². The zero-order chi connectivity index (χ0) is 16.4. The number of benzene rings is 1. The Hall–Kier alpha value is -1.27. The topological polar surface area (TPSA) is 66.5 Å². The van der Waals surface area contributed by atoms with E-state index in [1.54, 1.807) is 6.07 Å². The molecule has 21 heavy (non-hydrogen) atoms. The molecule has 0 radical (unpaired) electrons. The van der Waals surface area contributed by atoms with Gasteiger partial charge in [-0.3, -0.25) is 9.10 Å². The Labute approximate surface area is 131 Å². The molecule has 0 spiro atoms. The van der Waals surface area contributed by atoms with Crippen molar-refractivity contribution in [2.24, 2.45) is 0 Å². The van der Waals surface area contributed by atoms with Gasteiger partial charge in [0.15, 0.2) is 0 Å². The molecular formula is C14H21ClN2O3S. The molecule has 0 atom stereocenters. The standard InChI is InChI=1S/C14H21ClN2O3S/c1-6-14(2,3)16-13(18)11-8-7-10(9-12(11)15)17(4)21(5,19)20/h7-9H,6H2,1-5H3,(H,16,18). The molecule has 0 aliphatic rings. The summed E-state index contributed by atoms with van der Waals surface area (Å²) in [6, 6.07) is 4.55. The van der Waals surface area contributed by atoms with Crippen molar-refractivity contribution in [3.05, 3.63) is 28.8 Å². The van der Waals surface area contributed by atoms with Crippen LogP contribution < -0.4 is 9.62 Å². The van der Waals surface area contributed by atoms with Gasteiger partial charge in [0.1, 0.15) is 0 Å². The van der Waals surface area contributed by atoms with Gasteiger partial charge in [-0.2, -0.15) is 0 Å². The summed E-state index contributed by atoms with van der Waals surface area (Å²) in [4.78, 5) is 12.2. The summed E-state index contributed by atoms with van der Waals surface area (Å²) in [6.45, 7) is 5.82. The summed E-state index contributed by atoms with van der Waals surface area (Å²) in [5, 5.41) is 3.10. The maximum atomic E-state index is 12.2. The molecule has 0 aliphatic heterocycles. The second-order valence-corrected chi connectivity index (χ2v) is 8.01. The van der Waals surface area contributed by atoms with Crippen molar-refractivity contribution in [3.63, 3.8) is 0 Å². The minimum atomic E-state index is -3.36. The number of rotatable bonds is 5. The molecule has 0 fully saturated rings. The maximum Gasteiger partial charge on any atom is 0.253 e. The molecule has 0 saturated carbocycles. The molecule has 1 aromatic carbocycles. The molecule has 1 N–H and O–H groups in total. The van der Waals surface area contributed by atoms with E-state index in [1.807, 2.05) is 20.8 Å². The minimum Gasteiger partial charge on any atom is -0.347 e. The summed E-state index contributed by atoms with van der Waals surface area (Å²) in [7, 11) is -1.93. The van der Waals surface area contributed by atoms with Crippen molar-refractivity contribution in [1.29, 1.82) is 0 Å². The lowest BCUT2D eigenvalue weighted by molar-refractivity contribution is 0.0911. The van der Waals surface area contributed by atoms with Crippen LogP contribution in [0, 0.1) is 0 Å². The van der Waals surface area contributed by atoms with Crippen LogP contribution in [0.15, 0.2) is 18.2 Å². The van der Waals surface area contributed by atoms with Crippen molar-refractivity contribution < 1.29 is 13.2 Å². The average Bonchev–Trinajstić information content (AvgIpc) is 2.35. The van der Waals surface area contributed by atoms with Gasteiger partial charge in [-0.05, 0) is 38.5 Å². The summed E-state index contributed by atoms with van der Waals surface area (Å²) in [5.41, 5.74) is 0.403. The fourth-order valence-corrected chi connectivity index (χ4v) is 2.30. The molecule has 0 unspecified atom stereocenters. The van der Waals surface area contributed by atoms with Gasteiger partial charge < -0.3 is 5.32 Å². The predicted molar refractivity (Wildman–Crippen MR) is 86.5 cm³/mol. The quantitative estimate of drug-likeness (QED) is 0.901. The van der Waals surface area contributed by atoms with Crippen LogP contribution in [0.1, 0.15) is 37.6 Å². The number of amides is 1. The smallest absolute Gasteiger partial charge is 0.253 e. The highest BCUT2D eigenvalue weighted by Crippen LogP contribution is 2.25. The molecule has 7 heteroatoms. The van der Waals surface area contributed by atoms with E-state index in [0.717, 1.165) is 17.0 Å². The number of anilines is 1. The van der Waals surface area contributed by atoms with Gasteiger partial charge in [0, 0.05) is 12.6 Å². The Kier molecular flexibility index (Phi) is 5.28. The fraction of sp³-hybridized carbons (Fsp3) is 0.500. The maximum absolute atomic E-state index is 12.2. The lowest BCUT2D eigenvalue weighted by atomic mass is 10.0. The van der Waals surface area contributed by atoms with E-state index in [-0.39, 0.29) is 16.5 Å². The van der Waals surface area contributed by atoms with Crippen LogP contribution in [0.3, 0.4) is 0 Å². The molecular weight excluding hydrogens is 312 g/mol. The van der Waals surface area contributed by atoms with Crippen molar-refractivity contribution in [1.82, 2.24) is 5.32 Å². The first-order chi connectivity index (χ1) is 9.48. The highest BCUT2D eigenvalue weighted by atomic mass is 35.5. The number of nitrogens with zero attached hydrogens (tertiary/aromatic N) is 1. The van der Waals surface area contributed by atoms with E-state index in [9.17, 15) is 13.2 Å². The largest absolute Gasteiger partial charge is 0.347 e. The van der Waals surface area contributed by atoms with Crippen LogP contribution in [0.5, 0.6) is 0 Å². The number of carbonyl (C=O) groups excluding carboxylic acids is 1. The van der Waals surface area contributed by atoms with Crippen LogP contribution in [-0.2, 0) is 10.0 Å². The molecule has 0 aromatic heterocycles. The van der Waals surface area contributed by atoms with Gasteiger partial charge in [-0.25, -0.2) is 8.42 Å². The Bertz CT molecular complexity index is 642. The molecule has 1 aromatic rings. The number of carbonyl (C=O) groups is 1. The third kappa shape index (κ3) is 4.61. The number of nitrogens with one attached hydrogen (secondary N) is 1. The Morgan fingerprint density at radius 3 is 2.38 bits per heavy atom. The predicted octanol–water partition coefficient (Wildman–Crippen LogP) is 2.65. The van der Waals surface area contributed by atoms with Crippen molar-refractivity contribution in [2.45, 2.75) is 32.7 Å². The first-order valence-corrected chi connectivity index (χ1v) is 8.76. The fourth-order valence-electron chi connectivity index (χ4n) is 1.54. The van der Waals surface area contributed by atoms with Crippen molar-refractivity contribution >= 4 is 33.2 Å². The third-order valence-electron chi connectivity index (χ3n) is 3.39. The SMILES string of the molecule is CCC(C)(C)NC(=O)c1ccc(N(C)S(C)(=O)=O)cc1Cl. The summed E-state index contributed by atoms with van der Waals surface area (Å²) >= 11 is 6.11. The van der Waals surface area contributed by atoms with Gasteiger partial charge in [0.05, 0.1) is 22.5 Å².